The monoisotopic (exact) mass is 246 g/mol. The largest absolute Gasteiger partial charge is 0.481 e. The molecule has 2 amide bonds. The van der Waals surface area contributed by atoms with Gasteiger partial charge in [-0.3, -0.25) is 4.79 Å². The van der Waals surface area contributed by atoms with Crippen molar-refractivity contribution in [3.63, 3.8) is 0 Å². The molecule has 1 heterocycles. The molecule has 5 nitrogen and oxygen atoms in total. The molecule has 1 fully saturated rings. The van der Waals surface area contributed by atoms with Crippen molar-refractivity contribution in [3.05, 3.63) is 0 Å². The van der Waals surface area contributed by atoms with E-state index in [-0.39, 0.29) is 18.5 Å². The van der Waals surface area contributed by atoms with Crippen molar-refractivity contribution in [1.29, 1.82) is 0 Å². The van der Waals surface area contributed by atoms with Gasteiger partial charge in [0.15, 0.2) is 0 Å². The predicted molar refractivity (Wildman–Crippen MR) is 63.7 cm³/mol. The molecular formula is C10H18N2O3S. The van der Waals surface area contributed by atoms with Gasteiger partial charge < -0.3 is 15.7 Å². The second-order valence-electron chi connectivity index (χ2n) is 3.99. The number of aliphatic carboxylic acids is 1. The first-order valence-electron chi connectivity index (χ1n) is 5.45. The van der Waals surface area contributed by atoms with E-state index >= 15 is 0 Å². The third-order valence-electron chi connectivity index (χ3n) is 2.37. The topological polar surface area (TPSA) is 78.4 Å². The van der Waals surface area contributed by atoms with E-state index in [1.54, 1.807) is 6.92 Å². The summed E-state index contributed by atoms with van der Waals surface area (Å²) in [5.74, 6) is 0.266. The molecule has 2 unspecified atom stereocenters. The molecule has 0 aliphatic carbocycles. The SMILES string of the molecule is CC(CC(=O)O)NC(=O)NCC1CCCS1. The zero-order chi connectivity index (χ0) is 12.0. The van der Waals surface area contributed by atoms with Gasteiger partial charge in [0.2, 0.25) is 0 Å². The van der Waals surface area contributed by atoms with Crippen molar-refractivity contribution in [3.8, 4) is 0 Å². The summed E-state index contributed by atoms with van der Waals surface area (Å²) in [5.41, 5.74) is 0. The molecule has 6 heteroatoms. The molecule has 0 aromatic carbocycles. The van der Waals surface area contributed by atoms with Crippen LogP contribution in [0.3, 0.4) is 0 Å². The third kappa shape index (κ3) is 5.25. The van der Waals surface area contributed by atoms with Gasteiger partial charge in [0.25, 0.3) is 0 Å². The van der Waals surface area contributed by atoms with Crippen LogP contribution in [-0.2, 0) is 4.79 Å². The van der Waals surface area contributed by atoms with Crippen molar-refractivity contribution < 1.29 is 14.7 Å². The van der Waals surface area contributed by atoms with Crippen LogP contribution in [0.4, 0.5) is 4.79 Å². The smallest absolute Gasteiger partial charge is 0.315 e. The van der Waals surface area contributed by atoms with Crippen molar-refractivity contribution in [1.82, 2.24) is 10.6 Å². The summed E-state index contributed by atoms with van der Waals surface area (Å²) in [6, 6.07) is -0.616. The molecular weight excluding hydrogens is 228 g/mol. The van der Waals surface area contributed by atoms with E-state index in [1.807, 2.05) is 11.8 Å². The van der Waals surface area contributed by atoms with Gasteiger partial charge in [0.1, 0.15) is 0 Å². The van der Waals surface area contributed by atoms with E-state index < -0.39 is 5.97 Å². The molecule has 0 aromatic rings. The Kier molecular flexibility index (Phi) is 5.45. The van der Waals surface area contributed by atoms with Crippen LogP contribution >= 0.6 is 11.8 Å². The number of carbonyl (C=O) groups is 2. The van der Waals surface area contributed by atoms with Gasteiger partial charge in [0.05, 0.1) is 6.42 Å². The minimum absolute atomic E-state index is 0.0500. The van der Waals surface area contributed by atoms with Crippen LogP contribution in [0.25, 0.3) is 0 Å². The van der Waals surface area contributed by atoms with E-state index in [0.29, 0.717) is 11.8 Å². The number of carbonyl (C=O) groups excluding carboxylic acids is 1. The standard InChI is InChI=1S/C10H18N2O3S/c1-7(5-9(13)14)12-10(15)11-6-8-3-2-4-16-8/h7-8H,2-6H2,1H3,(H,13,14)(H2,11,12,15). The number of carboxylic acid groups (broad SMARTS) is 1. The van der Waals surface area contributed by atoms with Crippen LogP contribution in [0, 0.1) is 0 Å². The highest BCUT2D eigenvalue weighted by atomic mass is 32.2. The molecule has 3 N–H and O–H groups in total. The van der Waals surface area contributed by atoms with Gasteiger partial charge in [-0.05, 0) is 25.5 Å². The van der Waals surface area contributed by atoms with Crippen LogP contribution in [0.2, 0.25) is 0 Å². The van der Waals surface area contributed by atoms with E-state index in [9.17, 15) is 9.59 Å². The third-order valence-corrected chi connectivity index (χ3v) is 3.77. The summed E-state index contributed by atoms with van der Waals surface area (Å²) in [5, 5.41) is 14.4. The van der Waals surface area contributed by atoms with Gasteiger partial charge in [-0.1, -0.05) is 0 Å². The number of hydrogen-bond acceptors (Lipinski definition) is 3. The minimum Gasteiger partial charge on any atom is -0.481 e. The number of hydrogen-bond donors (Lipinski definition) is 3. The molecule has 0 radical (unpaired) electrons. The van der Waals surface area contributed by atoms with Gasteiger partial charge in [-0.15, -0.1) is 0 Å². The van der Waals surface area contributed by atoms with Crippen molar-refractivity contribution >= 4 is 23.8 Å². The van der Waals surface area contributed by atoms with Gasteiger partial charge in [-0.2, -0.15) is 11.8 Å². The number of rotatable bonds is 5. The second-order valence-corrected chi connectivity index (χ2v) is 5.40. The van der Waals surface area contributed by atoms with Crippen molar-refractivity contribution in [2.45, 2.75) is 37.5 Å². The molecule has 92 valence electrons. The maximum absolute atomic E-state index is 11.4. The van der Waals surface area contributed by atoms with Gasteiger partial charge >= 0.3 is 12.0 Å². The minimum atomic E-state index is -0.904. The predicted octanol–water partition coefficient (Wildman–Crippen LogP) is 1.04. The maximum Gasteiger partial charge on any atom is 0.315 e. The normalized spacial score (nSPS) is 21.4. The second kappa shape index (κ2) is 6.62. The van der Waals surface area contributed by atoms with E-state index in [2.05, 4.69) is 10.6 Å². The number of carboxylic acids is 1. The van der Waals surface area contributed by atoms with Crippen LogP contribution in [0.1, 0.15) is 26.2 Å². The van der Waals surface area contributed by atoms with Crippen molar-refractivity contribution in [2.24, 2.45) is 0 Å². The maximum atomic E-state index is 11.4. The average Bonchev–Trinajstić information content (AvgIpc) is 2.65. The first-order valence-corrected chi connectivity index (χ1v) is 6.50. The van der Waals surface area contributed by atoms with Crippen LogP contribution in [-0.4, -0.2) is 40.7 Å². The van der Waals surface area contributed by atoms with Crippen molar-refractivity contribution in [2.75, 3.05) is 12.3 Å². The lowest BCUT2D eigenvalue weighted by molar-refractivity contribution is -0.137. The fourth-order valence-electron chi connectivity index (χ4n) is 1.60. The highest BCUT2D eigenvalue weighted by Gasteiger charge is 2.17. The molecule has 1 aliphatic heterocycles. The number of thioether (sulfide) groups is 1. The summed E-state index contributed by atoms with van der Waals surface area (Å²) in [6.45, 7) is 2.34. The Hall–Kier alpha value is -0.910. The van der Waals surface area contributed by atoms with Crippen LogP contribution < -0.4 is 10.6 Å². The highest BCUT2D eigenvalue weighted by molar-refractivity contribution is 8.00. The molecule has 2 atom stereocenters. The molecule has 0 spiro atoms. The summed E-state index contributed by atoms with van der Waals surface area (Å²) in [4.78, 5) is 21.8. The van der Waals surface area contributed by atoms with Crippen LogP contribution in [0.5, 0.6) is 0 Å². The summed E-state index contributed by atoms with van der Waals surface area (Å²) >= 11 is 1.88. The zero-order valence-corrected chi connectivity index (χ0v) is 10.2. The Morgan fingerprint density at radius 2 is 2.31 bits per heavy atom. The average molecular weight is 246 g/mol. The zero-order valence-electron chi connectivity index (χ0n) is 9.36. The Balaban J connectivity index is 2.12. The summed E-state index contributed by atoms with van der Waals surface area (Å²) in [6.07, 6.45) is 2.31. The first kappa shape index (κ1) is 13.2. The molecule has 1 rings (SSSR count). The molecule has 0 aromatic heterocycles. The number of nitrogens with one attached hydrogen (secondary N) is 2. The summed E-state index contributed by atoms with van der Waals surface area (Å²) in [7, 11) is 0. The lowest BCUT2D eigenvalue weighted by Gasteiger charge is -2.14. The van der Waals surface area contributed by atoms with E-state index in [0.717, 1.165) is 6.42 Å². The van der Waals surface area contributed by atoms with E-state index in [1.165, 1.54) is 12.2 Å². The molecule has 1 aliphatic rings. The molecule has 0 bridgehead atoms. The fraction of sp³-hybridized carbons (Fsp3) is 0.800. The molecule has 1 saturated heterocycles. The number of urea groups is 1. The Labute approximate surface area is 99.4 Å². The van der Waals surface area contributed by atoms with Gasteiger partial charge in [-0.25, -0.2) is 4.79 Å². The molecule has 0 saturated carbocycles. The van der Waals surface area contributed by atoms with Gasteiger partial charge in [0, 0.05) is 17.8 Å². The summed E-state index contributed by atoms with van der Waals surface area (Å²) < 4.78 is 0. The Morgan fingerprint density at radius 1 is 1.56 bits per heavy atom. The fourth-order valence-corrected chi connectivity index (χ4v) is 2.80. The highest BCUT2D eigenvalue weighted by Crippen LogP contribution is 2.25. The Bertz CT molecular complexity index is 254. The lowest BCUT2D eigenvalue weighted by Crippen LogP contribution is -2.43. The molecule has 16 heavy (non-hydrogen) atoms. The first-order chi connectivity index (χ1) is 7.58. The van der Waals surface area contributed by atoms with E-state index in [4.69, 9.17) is 5.11 Å². The number of amides is 2. The lowest BCUT2D eigenvalue weighted by atomic mass is 10.2. The van der Waals surface area contributed by atoms with Crippen LogP contribution in [0.15, 0.2) is 0 Å². The Morgan fingerprint density at radius 3 is 2.88 bits per heavy atom. The quantitative estimate of drug-likeness (QED) is 0.677.